The molecule has 0 radical (unpaired) electrons. The molecule has 6 rings (SSSR count). The summed E-state index contributed by atoms with van der Waals surface area (Å²) in [5.74, 6) is 2.43. The monoisotopic (exact) mass is 442 g/mol. The first-order chi connectivity index (χ1) is 16.3. The van der Waals surface area contributed by atoms with Crippen molar-refractivity contribution in [1.29, 1.82) is 0 Å². The highest BCUT2D eigenvalue weighted by Crippen LogP contribution is 2.35. The fourth-order valence-electron chi connectivity index (χ4n) is 4.50. The van der Waals surface area contributed by atoms with Crippen LogP contribution in [0.25, 0.3) is 28.3 Å². The molecule has 1 saturated heterocycles. The molecule has 2 aromatic carbocycles. The summed E-state index contributed by atoms with van der Waals surface area (Å²) in [5, 5.41) is 8.16. The van der Waals surface area contributed by atoms with Gasteiger partial charge in [-0.1, -0.05) is 18.2 Å². The molecule has 0 amide bonds. The van der Waals surface area contributed by atoms with Crippen molar-refractivity contribution in [3.05, 3.63) is 72.6 Å². The zero-order valence-electron chi connectivity index (χ0n) is 18.4. The summed E-state index contributed by atoms with van der Waals surface area (Å²) in [6.45, 7) is 6.14. The Morgan fingerprint density at radius 3 is 2.45 bits per heavy atom. The summed E-state index contributed by atoms with van der Waals surface area (Å²) in [4.78, 5) is 2.45. The fraction of sp³-hybridized carbons (Fsp3) is 0.269. The maximum Gasteiger partial charge on any atom is 0.161 e. The molecule has 0 spiro atoms. The molecule has 1 N–H and O–H groups in total. The van der Waals surface area contributed by atoms with Gasteiger partial charge in [0.2, 0.25) is 0 Å². The molecule has 4 aromatic rings. The molecule has 2 aliphatic heterocycles. The second-order valence-corrected chi connectivity index (χ2v) is 8.34. The molecule has 1 fully saturated rings. The van der Waals surface area contributed by atoms with Crippen LogP contribution in [0.1, 0.15) is 5.56 Å². The summed E-state index contributed by atoms with van der Waals surface area (Å²) < 4.78 is 19.2. The van der Waals surface area contributed by atoms with Gasteiger partial charge in [0.25, 0.3) is 0 Å². The van der Waals surface area contributed by atoms with Gasteiger partial charge in [0, 0.05) is 38.3 Å². The average Bonchev–Trinajstić information content (AvgIpc) is 3.54. The number of hydrogen-bond acceptors (Lipinski definition) is 6. The summed E-state index contributed by atoms with van der Waals surface area (Å²) in [7, 11) is 0. The van der Waals surface area contributed by atoms with Crippen LogP contribution in [-0.2, 0) is 6.54 Å². The van der Waals surface area contributed by atoms with Gasteiger partial charge in [-0.3, -0.25) is 4.90 Å². The molecular weight excluding hydrogens is 416 g/mol. The van der Waals surface area contributed by atoms with E-state index in [-0.39, 0.29) is 0 Å². The third-order valence-corrected chi connectivity index (χ3v) is 6.19. The summed E-state index contributed by atoms with van der Waals surface area (Å²) in [6.07, 6.45) is 3.68. The maximum absolute atomic E-state index is 5.80. The maximum atomic E-state index is 5.80. The van der Waals surface area contributed by atoms with Crippen LogP contribution in [0.4, 0.5) is 0 Å². The summed E-state index contributed by atoms with van der Waals surface area (Å²) >= 11 is 0. The largest absolute Gasteiger partial charge is 0.486 e. The topological polar surface area (TPSA) is 64.7 Å². The Labute approximate surface area is 192 Å². The summed E-state index contributed by atoms with van der Waals surface area (Å²) in [6, 6.07) is 18.4. The Bertz CT molecular complexity index is 1230. The van der Waals surface area contributed by atoms with Crippen LogP contribution in [0.2, 0.25) is 0 Å². The van der Waals surface area contributed by atoms with Crippen LogP contribution in [0, 0.1) is 0 Å². The molecule has 0 unspecified atom stereocenters. The van der Waals surface area contributed by atoms with Crippen molar-refractivity contribution in [3.63, 3.8) is 0 Å². The number of rotatable bonds is 5. The Kier molecular flexibility index (Phi) is 5.34. The van der Waals surface area contributed by atoms with E-state index in [1.165, 1.54) is 5.56 Å². The number of nitrogens with one attached hydrogen (secondary N) is 1. The van der Waals surface area contributed by atoms with Crippen molar-refractivity contribution in [2.24, 2.45) is 0 Å². The van der Waals surface area contributed by atoms with Crippen molar-refractivity contribution in [2.75, 3.05) is 39.4 Å². The van der Waals surface area contributed by atoms with Gasteiger partial charge in [0.15, 0.2) is 17.3 Å². The van der Waals surface area contributed by atoms with Gasteiger partial charge >= 0.3 is 0 Å². The summed E-state index contributed by atoms with van der Waals surface area (Å²) in [5.41, 5.74) is 5.38. The number of ether oxygens (including phenoxy) is 2. The normalized spacial score (nSPS) is 16.1. The Hall–Kier alpha value is -3.55. The molecule has 2 aliphatic rings. The number of fused-ring (bicyclic) bond motifs is 1. The third-order valence-electron chi connectivity index (χ3n) is 6.19. The zero-order chi connectivity index (χ0) is 22.0. The molecule has 0 atom stereocenters. The molecule has 0 saturated carbocycles. The number of nitrogens with zero attached hydrogens (tertiary/aromatic N) is 3. The molecule has 7 nitrogen and oxygen atoms in total. The van der Waals surface area contributed by atoms with Crippen LogP contribution in [0.5, 0.6) is 11.5 Å². The van der Waals surface area contributed by atoms with Gasteiger partial charge in [-0.05, 0) is 47.5 Å². The Balaban J connectivity index is 1.32. The first kappa shape index (κ1) is 20.1. The van der Waals surface area contributed by atoms with E-state index in [1.807, 2.05) is 35.1 Å². The highest BCUT2D eigenvalue weighted by atomic mass is 16.6. The number of piperazine rings is 1. The second-order valence-electron chi connectivity index (χ2n) is 8.34. The molecule has 168 valence electrons. The minimum Gasteiger partial charge on any atom is -0.486 e. The number of hydrogen-bond donors (Lipinski definition) is 1. The molecule has 0 aliphatic carbocycles. The van der Waals surface area contributed by atoms with Gasteiger partial charge in [0.05, 0.1) is 18.1 Å². The molecule has 0 bridgehead atoms. The van der Waals surface area contributed by atoms with Gasteiger partial charge in [-0.2, -0.15) is 5.10 Å². The van der Waals surface area contributed by atoms with Crippen molar-refractivity contribution in [3.8, 4) is 39.8 Å². The molecule has 7 heteroatoms. The van der Waals surface area contributed by atoms with Gasteiger partial charge in [0.1, 0.15) is 18.9 Å². The van der Waals surface area contributed by atoms with Gasteiger partial charge < -0.3 is 19.2 Å². The van der Waals surface area contributed by atoms with Crippen LogP contribution in [0.15, 0.2) is 71.5 Å². The average molecular weight is 443 g/mol. The van der Waals surface area contributed by atoms with E-state index in [9.17, 15) is 0 Å². The Morgan fingerprint density at radius 2 is 1.67 bits per heavy atom. The highest BCUT2D eigenvalue weighted by molar-refractivity contribution is 5.69. The van der Waals surface area contributed by atoms with Crippen LogP contribution < -0.4 is 14.8 Å². The van der Waals surface area contributed by atoms with Crippen LogP contribution in [-0.4, -0.2) is 54.1 Å². The van der Waals surface area contributed by atoms with E-state index in [4.69, 9.17) is 19.0 Å². The Morgan fingerprint density at radius 1 is 0.879 bits per heavy atom. The molecule has 33 heavy (non-hydrogen) atoms. The number of furan rings is 1. The van der Waals surface area contributed by atoms with E-state index >= 15 is 0 Å². The SMILES string of the molecule is c1coc(-c2c(CN3CCNCC3)cnn2-c2ccc(-c3ccc4c(c3)OCCO4)cc2)c1. The van der Waals surface area contributed by atoms with Crippen molar-refractivity contribution in [2.45, 2.75) is 6.54 Å². The predicted molar refractivity (Wildman–Crippen MR) is 126 cm³/mol. The lowest BCUT2D eigenvalue weighted by atomic mass is 10.0. The van der Waals surface area contributed by atoms with Crippen molar-refractivity contribution in [1.82, 2.24) is 20.0 Å². The standard InChI is InChI=1S/C26H26N4O3/c1-2-24(31-13-1)26-21(18-29-11-9-27-10-12-29)17-28-30(26)22-6-3-19(4-7-22)20-5-8-23-25(16-20)33-15-14-32-23/h1-8,13,16-17,27H,9-12,14-15,18H2. The van der Waals surface area contributed by atoms with E-state index in [0.29, 0.717) is 13.2 Å². The van der Waals surface area contributed by atoms with E-state index in [1.54, 1.807) is 6.26 Å². The number of benzene rings is 2. The zero-order valence-corrected chi connectivity index (χ0v) is 18.4. The van der Waals surface area contributed by atoms with Crippen molar-refractivity contribution < 1.29 is 13.9 Å². The highest BCUT2D eigenvalue weighted by Gasteiger charge is 2.20. The quantitative estimate of drug-likeness (QED) is 0.505. The lowest BCUT2D eigenvalue weighted by Gasteiger charge is -2.27. The minimum atomic E-state index is 0.584. The molecular formula is C26H26N4O3. The van der Waals surface area contributed by atoms with E-state index in [2.05, 4.69) is 40.5 Å². The second kappa shape index (κ2) is 8.77. The van der Waals surface area contributed by atoms with Crippen LogP contribution >= 0.6 is 0 Å². The lowest BCUT2D eigenvalue weighted by molar-refractivity contribution is 0.171. The van der Waals surface area contributed by atoms with Gasteiger partial charge in [-0.25, -0.2) is 4.68 Å². The van der Waals surface area contributed by atoms with Crippen LogP contribution in [0.3, 0.4) is 0 Å². The first-order valence-electron chi connectivity index (χ1n) is 11.4. The molecule has 4 heterocycles. The lowest BCUT2D eigenvalue weighted by Crippen LogP contribution is -2.42. The van der Waals surface area contributed by atoms with E-state index < -0.39 is 0 Å². The van der Waals surface area contributed by atoms with Gasteiger partial charge in [-0.15, -0.1) is 0 Å². The fourth-order valence-corrected chi connectivity index (χ4v) is 4.50. The molecule has 2 aromatic heterocycles. The smallest absolute Gasteiger partial charge is 0.161 e. The predicted octanol–water partition coefficient (Wildman–Crippen LogP) is 3.98. The third kappa shape index (κ3) is 4.01. The minimum absolute atomic E-state index is 0.584. The van der Waals surface area contributed by atoms with Crippen molar-refractivity contribution >= 4 is 0 Å². The van der Waals surface area contributed by atoms with E-state index in [0.717, 1.165) is 72.5 Å². The number of aromatic nitrogens is 2. The first-order valence-corrected chi connectivity index (χ1v) is 11.4.